The van der Waals surface area contributed by atoms with Crippen LogP contribution in [0.3, 0.4) is 0 Å². The molecule has 0 saturated carbocycles. The topological polar surface area (TPSA) is 63.1 Å². The molecule has 0 aliphatic heterocycles. The smallest absolute Gasteiger partial charge is 0.254 e. The standard InChI is InChI=1S/C14H19N5O/c1-4-15-13-7-12(5-6-16-13)14(20)18(2)9-11-8-17-19(3)10-11/h5-8,10H,4,9H2,1-3H3,(H,15,16). The lowest BCUT2D eigenvalue weighted by molar-refractivity contribution is 0.0785. The lowest BCUT2D eigenvalue weighted by Crippen LogP contribution is -2.26. The van der Waals surface area contributed by atoms with E-state index < -0.39 is 0 Å². The second-order valence-corrected chi connectivity index (χ2v) is 4.64. The molecule has 0 fully saturated rings. The fourth-order valence-corrected chi connectivity index (χ4v) is 1.96. The highest BCUT2D eigenvalue weighted by molar-refractivity contribution is 5.94. The van der Waals surface area contributed by atoms with Crippen LogP contribution in [0.5, 0.6) is 0 Å². The number of nitrogens with one attached hydrogen (secondary N) is 1. The van der Waals surface area contributed by atoms with Crippen LogP contribution in [-0.2, 0) is 13.6 Å². The van der Waals surface area contributed by atoms with Gasteiger partial charge in [-0.2, -0.15) is 5.10 Å². The Kier molecular flexibility index (Phi) is 4.34. The number of carbonyl (C=O) groups is 1. The van der Waals surface area contributed by atoms with Crippen LogP contribution in [0.4, 0.5) is 5.82 Å². The molecule has 2 aromatic heterocycles. The molecule has 20 heavy (non-hydrogen) atoms. The molecule has 6 nitrogen and oxygen atoms in total. The minimum absolute atomic E-state index is 0.0320. The maximum atomic E-state index is 12.4. The van der Waals surface area contributed by atoms with Crippen LogP contribution in [-0.4, -0.2) is 39.2 Å². The normalized spacial score (nSPS) is 10.3. The highest BCUT2D eigenvalue weighted by Gasteiger charge is 2.13. The summed E-state index contributed by atoms with van der Waals surface area (Å²) in [6.45, 7) is 3.30. The second-order valence-electron chi connectivity index (χ2n) is 4.64. The Morgan fingerprint density at radius 2 is 2.30 bits per heavy atom. The van der Waals surface area contributed by atoms with E-state index in [1.165, 1.54) is 0 Å². The Morgan fingerprint density at radius 3 is 2.95 bits per heavy atom. The zero-order valence-corrected chi connectivity index (χ0v) is 12.0. The molecule has 2 rings (SSSR count). The molecule has 0 aliphatic carbocycles. The molecular formula is C14H19N5O. The minimum atomic E-state index is -0.0320. The van der Waals surface area contributed by atoms with E-state index in [2.05, 4.69) is 15.4 Å². The van der Waals surface area contributed by atoms with E-state index in [1.54, 1.807) is 41.2 Å². The fourth-order valence-electron chi connectivity index (χ4n) is 1.96. The molecule has 0 bridgehead atoms. The average Bonchev–Trinajstić information content (AvgIpc) is 2.84. The summed E-state index contributed by atoms with van der Waals surface area (Å²) >= 11 is 0. The molecular weight excluding hydrogens is 254 g/mol. The van der Waals surface area contributed by atoms with Gasteiger partial charge in [0.05, 0.1) is 6.20 Å². The Bertz CT molecular complexity index is 593. The van der Waals surface area contributed by atoms with E-state index in [-0.39, 0.29) is 5.91 Å². The Labute approximate surface area is 118 Å². The van der Waals surface area contributed by atoms with Crippen molar-refractivity contribution in [3.63, 3.8) is 0 Å². The van der Waals surface area contributed by atoms with E-state index in [4.69, 9.17) is 0 Å². The summed E-state index contributed by atoms with van der Waals surface area (Å²) in [5, 5.41) is 7.20. The number of amides is 1. The first-order valence-corrected chi connectivity index (χ1v) is 6.53. The number of hydrogen-bond donors (Lipinski definition) is 1. The van der Waals surface area contributed by atoms with Crippen LogP contribution in [0.1, 0.15) is 22.8 Å². The number of hydrogen-bond acceptors (Lipinski definition) is 4. The number of carbonyl (C=O) groups excluding carboxylic acids is 1. The van der Waals surface area contributed by atoms with Crippen LogP contribution in [0.15, 0.2) is 30.7 Å². The highest BCUT2D eigenvalue weighted by Crippen LogP contribution is 2.11. The van der Waals surface area contributed by atoms with Gasteiger partial charge in [0, 0.05) is 50.7 Å². The SMILES string of the molecule is CCNc1cc(C(=O)N(C)Cc2cnn(C)c2)ccn1. The van der Waals surface area contributed by atoms with Gasteiger partial charge in [0.15, 0.2) is 0 Å². The number of rotatable bonds is 5. The van der Waals surface area contributed by atoms with Gasteiger partial charge in [0.2, 0.25) is 0 Å². The van der Waals surface area contributed by atoms with Gasteiger partial charge in [-0.1, -0.05) is 0 Å². The zero-order valence-electron chi connectivity index (χ0n) is 12.0. The molecule has 0 aliphatic rings. The largest absolute Gasteiger partial charge is 0.370 e. The Morgan fingerprint density at radius 1 is 1.50 bits per heavy atom. The van der Waals surface area contributed by atoms with Crippen LogP contribution in [0.25, 0.3) is 0 Å². The lowest BCUT2D eigenvalue weighted by Gasteiger charge is -2.16. The van der Waals surface area contributed by atoms with Crippen LogP contribution in [0, 0.1) is 0 Å². The third-order valence-electron chi connectivity index (χ3n) is 2.89. The van der Waals surface area contributed by atoms with Crippen molar-refractivity contribution in [1.29, 1.82) is 0 Å². The number of aromatic nitrogens is 3. The maximum absolute atomic E-state index is 12.4. The van der Waals surface area contributed by atoms with Crippen molar-refractivity contribution < 1.29 is 4.79 Å². The summed E-state index contributed by atoms with van der Waals surface area (Å²) in [4.78, 5) is 18.2. The molecule has 106 valence electrons. The first kappa shape index (κ1) is 14.0. The van der Waals surface area contributed by atoms with Gasteiger partial charge in [-0.25, -0.2) is 4.98 Å². The molecule has 0 saturated heterocycles. The van der Waals surface area contributed by atoms with Gasteiger partial charge >= 0.3 is 0 Å². The summed E-state index contributed by atoms with van der Waals surface area (Å²) in [5.41, 5.74) is 1.63. The van der Waals surface area contributed by atoms with E-state index in [9.17, 15) is 4.79 Å². The predicted molar refractivity (Wildman–Crippen MR) is 77.4 cm³/mol. The molecule has 6 heteroatoms. The van der Waals surface area contributed by atoms with Crippen molar-refractivity contribution in [2.24, 2.45) is 7.05 Å². The van der Waals surface area contributed by atoms with Gasteiger partial charge in [0.25, 0.3) is 5.91 Å². The van der Waals surface area contributed by atoms with Crippen molar-refractivity contribution in [3.05, 3.63) is 41.9 Å². The van der Waals surface area contributed by atoms with Crippen molar-refractivity contribution in [2.45, 2.75) is 13.5 Å². The van der Waals surface area contributed by atoms with E-state index in [0.29, 0.717) is 17.9 Å². The predicted octanol–water partition coefficient (Wildman–Crippen LogP) is 1.52. The quantitative estimate of drug-likeness (QED) is 0.897. The van der Waals surface area contributed by atoms with Gasteiger partial charge in [-0.3, -0.25) is 9.48 Å². The number of nitrogens with zero attached hydrogens (tertiary/aromatic N) is 4. The average molecular weight is 273 g/mol. The van der Waals surface area contributed by atoms with Crippen LogP contribution >= 0.6 is 0 Å². The zero-order chi connectivity index (χ0) is 14.5. The molecule has 2 heterocycles. The van der Waals surface area contributed by atoms with Gasteiger partial charge in [0.1, 0.15) is 5.82 Å². The first-order chi connectivity index (χ1) is 9.60. The van der Waals surface area contributed by atoms with E-state index in [0.717, 1.165) is 12.1 Å². The molecule has 0 aromatic carbocycles. The van der Waals surface area contributed by atoms with Crippen LogP contribution < -0.4 is 5.32 Å². The third kappa shape index (κ3) is 3.34. The summed E-state index contributed by atoms with van der Waals surface area (Å²) in [6.07, 6.45) is 5.31. The third-order valence-corrected chi connectivity index (χ3v) is 2.89. The molecule has 0 unspecified atom stereocenters. The summed E-state index contributed by atoms with van der Waals surface area (Å²) in [6, 6.07) is 3.49. The maximum Gasteiger partial charge on any atom is 0.254 e. The fraction of sp³-hybridized carbons (Fsp3) is 0.357. The highest BCUT2D eigenvalue weighted by atomic mass is 16.2. The van der Waals surface area contributed by atoms with Crippen molar-refractivity contribution in [2.75, 3.05) is 18.9 Å². The van der Waals surface area contributed by atoms with Crippen LogP contribution in [0.2, 0.25) is 0 Å². The van der Waals surface area contributed by atoms with Gasteiger partial charge in [-0.05, 0) is 19.1 Å². The summed E-state index contributed by atoms with van der Waals surface area (Å²) < 4.78 is 1.73. The monoisotopic (exact) mass is 273 g/mol. The van der Waals surface area contributed by atoms with Crippen molar-refractivity contribution in [3.8, 4) is 0 Å². The van der Waals surface area contributed by atoms with E-state index in [1.807, 2.05) is 20.2 Å². The Hall–Kier alpha value is -2.37. The van der Waals surface area contributed by atoms with E-state index >= 15 is 0 Å². The van der Waals surface area contributed by atoms with Crippen molar-refractivity contribution >= 4 is 11.7 Å². The summed E-state index contributed by atoms with van der Waals surface area (Å²) in [7, 11) is 3.64. The molecule has 1 N–H and O–H groups in total. The number of pyridine rings is 1. The summed E-state index contributed by atoms with van der Waals surface area (Å²) in [5.74, 6) is 0.684. The first-order valence-electron chi connectivity index (χ1n) is 6.53. The molecule has 1 amide bonds. The minimum Gasteiger partial charge on any atom is -0.370 e. The van der Waals surface area contributed by atoms with Gasteiger partial charge in [-0.15, -0.1) is 0 Å². The number of aryl methyl sites for hydroxylation is 1. The number of anilines is 1. The Balaban J connectivity index is 2.07. The molecule has 0 spiro atoms. The lowest BCUT2D eigenvalue weighted by atomic mass is 10.2. The van der Waals surface area contributed by atoms with Crippen molar-refractivity contribution in [1.82, 2.24) is 19.7 Å². The molecule has 0 radical (unpaired) electrons. The molecule has 2 aromatic rings. The second kappa shape index (κ2) is 6.18. The molecule has 0 atom stereocenters. The van der Waals surface area contributed by atoms with Gasteiger partial charge < -0.3 is 10.2 Å².